The van der Waals surface area contributed by atoms with Crippen molar-refractivity contribution in [1.29, 1.82) is 5.41 Å². The minimum absolute atomic E-state index is 0.0641. The Bertz CT molecular complexity index is 625. The quantitative estimate of drug-likeness (QED) is 0.219. The lowest BCUT2D eigenvalue weighted by Gasteiger charge is -2.30. The third-order valence-electron chi connectivity index (χ3n) is 3.20. The molecule has 0 aromatic heterocycles. The third-order valence-corrected chi connectivity index (χ3v) is 3.79. The largest absolute Gasteiger partial charge is 0.758 e. The van der Waals surface area contributed by atoms with Crippen LogP contribution in [0.4, 0.5) is 0 Å². The lowest BCUT2D eigenvalue weighted by atomic mass is 10.1. The average molecular weight is 383 g/mol. The van der Waals surface area contributed by atoms with Gasteiger partial charge in [0.15, 0.2) is 0 Å². The number of nitrogens with zero attached hydrogens (tertiary/aromatic N) is 1. The van der Waals surface area contributed by atoms with Crippen molar-refractivity contribution in [3.05, 3.63) is 29.8 Å². The smallest absolute Gasteiger partial charge is 0.311 e. The molecule has 0 spiro atoms. The molecular weight excluding hydrogens is 356 g/mol. The van der Waals surface area contributed by atoms with Gasteiger partial charge in [0.1, 0.15) is 5.75 Å². The predicted molar refractivity (Wildman–Crippen MR) is 99.5 cm³/mol. The number of hydrogen-bond acceptors (Lipinski definition) is 6. The first-order chi connectivity index (χ1) is 12.1. The highest BCUT2D eigenvalue weighted by Crippen LogP contribution is 2.16. The fourth-order valence-corrected chi connectivity index (χ4v) is 2.67. The Morgan fingerprint density at radius 3 is 2.35 bits per heavy atom. The van der Waals surface area contributed by atoms with Gasteiger partial charge >= 0.3 is 5.97 Å². The molecule has 1 aromatic carbocycles. The molecule has 1 atom stereocenters. The number of nitrogens with one attached hydrogen (secondary N) is 1. The third kappa shape index (κ3) is 8.66. The lowest BCUT2D eigenvalue weighted by Crippen LogP contribution is -2.36. The van der Waals surface area contributed by atoms with Crippen molar-refractivity contribution < 1.29 is 23.1 Å². The van der Waals surface area contributed by atoms with Crippen LogP contribution in [-0.2, 0) is 20.9 Å². The number of benzene rings is 1. The van der Waals surface area contributed by atoms with E-state index in [0.717, 1.165) is 16.5 Å². The zero-order chi connectivity index (χ0) is 19.7. The van der Waals surface area contributed by atoms with E-state index in [9.17, 15) is 13.6 Å². The molecule has 0 aliphatic carbocycles. The highest BCUT2D eigenvalue weighted by atomic mass is 32.2. The van der Waals surface area contributed by atoms with Gasteiger partial charge in [0, 0.05) is 29.9 Å². The molecule has 1 unspecified atom stereocenters. The summed E-state index contributed by atoms with van der Waals surface area (Å²) in [4.78, 5) is 17.2. The topological polar surface area (TPSA) is 103 Å². The van der Waals surface area contributed by atoms with Crippen LogP contribution < -0.4 is 4.74 Å². The number of esters is 1. The average Bonchev–Trinajstić information content (AvgIpc) is 2.53. The zero-order valence-electron chi connectivity index (χ0n) is 15.7. The van der Waals surface area contributed by atoms with E-state index in [1.54, 1.807) is 45.0 Å². The maximum Gasteiger partial charge on any atom is 0.311 e. The second-order valence-corrected chi connectivity index (χ2v) is 7.65. The van der Waals surface area contributed by atoms with Gasteiger partial charge in [-0.2, -0.15) is 0 Å². The van der Waals surface area contributed by atoms with Crippen LogP contribution in [0, 0.1) is 5.41 Å². The molecule has 0 aliphatic heterocycles. The van der Waals surface area contributed by atoms with E-state index in [1.807, 2.05) is 6.92 Å². The van der Waals surface area contributed by atoms with E-state index in [0.29, 0.717) is 17.9 Å². The molecule has 1 aromatic rings. The summed E-state index contributed by atoms with van der Waals surface area (Å²) in [5.74, 6) is -0.0491. The molecule has 0 amide bonds. The molecule has 1 rings (SSSR count). The van der Waals surface area contributed by atoms with Crippen molar-refractivity contribution >= 4 is 22.9 Å². The summed E-state index contributed by atoms with van der Waals surface area (Å²) in [7, 11) is 0. The fraction of sp³-hybridized carbons (Fsp3) is 0.556. The Labute approximate surface area is 157 Å². The van der Waals surface area contributed by atoms with Gasteiger partial charge in [-0.15, -0.1) is 4.47 Å². The molecule has 0 fully saturated rings. The van der Waals surface area contributed by atoms with Crippen LogP contribution >= 0.6 is 0 Å². The standard InChI is InChI=1S/C18H28N2O5S/c1-5-7-16(19)14-9-11-15(12-10-14)24-17(21)8-6-13-20(26(22)23)25-18(2,3)4/h9-12,19H,5-8,13H2,1-4H3,(H,22,23)/p-1. The van der Waals surface area contributed by atoms with Crippen LogP contribution in [0.3, 0.4) is 0 Å². The Morgan fingerprint density at radius 2 is 1.85 bits per heavy atom. The van der Waals surface area contributed by atoms with Crippen molar-refractivity contribution in [3.63, 3.8) is 0 Å². The van der Waals surface area contributed by atoms with Crippen LogP contribution in [0.25, 0.3) is 0 Å². The Balaban J connectivity index is 2.46. The molecule has 0 bridgehead atoms. The minimum Gasteiger partial charge on any atom is -0.758 e. The Morgan fingerprint density at radius 1 is 1.23 bits per heavy atom. The van der Waals surface area contributed by atoms with Crippen molar-refractivity contribution in [3.8, 4) is 5.75 Å². The van der Waals surface area contributed by atoms with Crippen LogP contribution in [0.1, 0.15) is 58.9 Å². The normalized spacial score (nSPS) is 12.8. The number of carbonyl (C=O) groups excluding carboxylic acids is 1. The van der Waals surface area contributed by atoms with Gasteiger partial charge in [0.2, 0.25) is 0 Å². The lowest BCUT2D eigenvalue weighted by molar-refractivity contribution is -0.171. The van der Waals surface area contributed by atoms with Gasteiger partial charge < -0.3 is 14.7 Å². The molecular formula is C18H27N2O5S-. The molecule has 0 aliphatic rings. The summed E-state index contributed by atoms with van der Waals surface area (Å²) >= 11 is -2.52. The first-order valence-corrected chi connectivity index (χ1v) is 9.60. The van der Waals surface area contributed by atoms with Crippen LogP contribution in [0.15, 0.2) is 24.3 Å². The van der Waals surface area contributed by atoms with Gasteiger partial charge in [0.05, 0.1) is 5.60 Å². The summed E-state index contributed by atoms with van der Waals surface area (Å²) in [6.45, 7) is 7.30. The van der Waals surface area contributed by atoms with Crippen LogP contribution in [-0.4, -0.2) is 37.1 Å². The fourth-order valence-electron chi connectivity index (χ4n) is 2.11. The van der Waals surface area contributed by atoms with E-state index >= 15 is 0 Å². The monoisotopic (exact) mass is 383 g/mol. The van der Waals surface area contributed by atoms with Gasteiger partial charge in [-0.3, -0.25) is 13.8 Å². The number of hydrogen-bond donors (Lipinski definition) is 1. The molecule has 146 valence electrons. The van der Waals surface area contributed by atoms with Crippen molar-refractivity contribution in [1.82, 2.24) is 4.47 Å². The van der Waals surface area contributed by atoms with E-state index in [-0.39, 0.29) is 19.4 Å². The molecule has 26 heavy (non-hydrogen) atoms. The summed E-state index contributed by atoms with van der Waals surface area (Å²) in [5, 5.41) is 7.89. The van der Waals surface area contributed by atoms with Crippen LogP contribution in [0.5, 0.6) is 5.75 Å². The van der Waals surface area contributed by atoms with E-state index in [4.69, 9.17) is 15.0 Å². The van der Waals surface area contributed by atoms with E-state index < -0.39 is 22.8 Å². The van der Waals surface area contributed by atoms with Gasteiger partial charge in [0.25, 0.3) is 0 Å². The summed E-state index contributed by atoms with van der Waals surface area (Å²) < 4.78 is 28.4. The minimum atomic E-state index is -2.52. The Hall–Kier alpha value is -1.61. The van der Waals surface area contributed by atoms with Crippen molar-refractivity contribution in [2.75, 3.05) is 6.54 Å². The SMILES string of the molecule is CCCC(=N)c1ccc(OC(=O)CCCN(OC(C)(C)C)S(=O)[O-])cc1. The summed E-state index contributed by atoms with van der Waals surface area (Å²) in [5.41, 5.74) is 0.711. The molecule has 0 heterocycles. The summed E-state index contributed by atoms with van der Waals surface area (Å²) in [6.07, 6.45) is 1.95. The Kier molecular flexibility index (Phi) is 9.07. The highest BCUT2D eigenvalue weighted by Gasteiger charge is 2.18. The first-order valence-electron chi connectivity index (χ1n) is 8.57. The first kappa shape index (κ1) is 22.4. The van der Waals surface area contributed by atoms with E-state index in [1.165, 1.54) is 0 Å². The molecule has 8 heteroatoms. The molecule has 0 saturated carbocycles. The molecule has 1 N–H and O–H groups in total. The van der Waals surface area contributed by atoms with Gasteiger partial charge in [-0.1, -0.05) is 13.3 Å². The second kappa shape index (κ2) is 10.5. The molecule has 0 saturated heterocycles. The number of ether oxygens (including phenoxy) is 1. The second-order valence-electron chi connectivity index (χ2n) is 6.81. The maximum atomic E-state index is 11.9. The predicted octanol–water partition coefficient (Wildman–Crippen LogP) is 3.37. The molecule has 0 radical (unpaired) electrons. The maximum absolute atomic E-state index is 11.9. The van der Waals surface area contributed by atoms with Crippen molar-refractivity contribution in [2.45, 2.75) is 59.0 Å². The highest BCUT2D eigenvalue weighted by molar-refractivity contribution is 7.76. The summed E-state index contributed by atoms with van der Waals surface area (Å²) in [6, 6.07) is 6.80. The zero-order valence-corrected chi connectivity index (χ0v) is 16.6. The van der Waals surface area contributed by atoms with Gasteiger partial charge in [-0.25, -0.2) is 0 Å². The van der Waals surface area contributed by atoms with Crippen molar-refractivity contribution in [2.24, 2.45) is 0 Å². The van der Waals surface area contributed by atoms with Crippen LogP contribution in [0.2, 0.25) is 0 Å². The number of hydroxylamine groups is 1. The van der Waals surface area contributed by atoms with Gasteiger partial charge in [-0.05, 0) is 63.4 Å². The van der Waals surface area contributed by atoms with E-state index in [2.05, 4.69) is 0 Å². The molecule has 7 nitrogen and oxygen atoms in total. The number of carbonyl (C=O) groups is 1. The number of rotatable bonds is 10.